The summed E-state index contributed by atoms with van der Waals surface area (Å²) in [5, 5.41) is 6.71. The van der Waals surface area contributed by atoms with E-state index in [1.165, 1.54) is 43.5 Å². The molecule has 0 fully saturated rings. The number of thiocarbonyl (C=S) groups is 1. The smallest absolute Gasteiger partial charge is 0.337 e. The largest absolute Gasteiger partial charge is 0.465 e. The highest BCUT2D eigenvalue weighted by molar-refractivity contribution is 7.81. The van der Waals surface area contributed by atoms with Gasteiger partial charge in [-0.05, 0) is 54.0 Å². The van der Waals surface area contributed by atoms with Gasteiger partial charge in [-0.15, -0.1) is 0 Å². The minimum absolute atomic E-state index is 0.0425. The van der Waals surface area contributed by atoms with Gasteiger partial charge in [-0.3, -0.25) is 4.79 Å². The lowest BCUT2D eigenvalue weighted by atomic mass is 9.75. The number of hydrogen-bond donors (Lipinski definition) is 2. The van der Waals surface area contributed by atoms with Crippen LogP contribution < -0.4 is 10.6 Å². The van der Waals surface area contributed by atoms with Gasteiger partial charge in [0, 0.05) is 23.8 Å². The number of rotatable bonds is 6. The molecule has 0 saturated heterocycles. The summed E-state index contributed by atoms with van der Waals surface area (Å²) in [6, 6.07) is 13.0. The molecule has 36 heavy (non-hydrogen) atoms. The van der Waals surface area contributed by atoms with E-state index in [0.717, 1.165) is 18.5 Å². The molecule has 0 atom stereocenters. The molecule has 2 aromatic carbocycles. The predicted molar refractivity (Wildman–Crippen MR) is 141 cm³/mol. The van der Waals surface area contributed by atoms with Crippen LogP contribution in [0.4, 0.5) is 5.69 Å². The van der Waals surface area contributed by atoms with Crippen LogP contribution in [0, 0.1) is 5.41 Å². The second kappa shape index (κ2) is 10.2. The fourth-order valence-electron chi connectivity index (χ4n) is 4.98. The average molecular weight is 507 g/mol. The number of benzene rings is 2. The summed E-state index contributed by atoms with van der Waals surface area (Å²) in [7, 11) is 2.52. The number of methoxy groups -OCH3 is 2. The number of ketones is 1. The van der Waals surface area contributed by atoms with Gasteiger partial charge in [0.05, 0.1) is 30.9 Å². The summed E-state index contributed by atoms with van der Waals surface area (Å²) < 4.78 is 9.63. The molecule has 2 aromatic rings. The van der Waals surface area contributed by atoms with Crippen molar-refractivity contribution in [3.8, 4) is 0 Å². The first-order valence-corrected chi connectivity index (χ1v) is 12.2. The number of fused-ring (bicyclic) bond motifs is 1. The Morgan fingerprint density at radius 2 is 1.50 bits per heavy atom. The Morgan fingerprint density at radius 1 is 0.944 bits per heavy atom. The number of carbonyl (C=O) groups is 3. The third kappa shape index (κ3) is 5.49. The topological polar surface area (TPSA) is 93.7 Å². The molecule has 0 amide bonds. The fourth-order valence-corrected chi connectivity index (χ4v) is 5.33. The van der Waals surface area contributed by atoms with E-state index in [9.17, 15) is 14.4 Å². The Morgan fingerprint density at radius 3 is 2.03 bits per heavy atom. The van der Waals surface area contributed by atoms with Gasteiger partial charge in [-0.25, -0.2) is 9.59 Å². The van der Waals surface area contributed by atoms with Crippen LogP contribution in [0.25, 0.3) is 0 Å². The molecule has 0 bridgehead atoms. The monoisotopic (exact) mass is 506 g/mol. The van der Waals surface area contributed by atoms with Crippen LogP contribution in [0.15, 0.2) is 53.7 Å². The molecule has 0 heterocycles. The molecule has 2 N–H and O–H groups in total. The Labute approximate surface area is 216 Å². The second-order valence-electron chi connectivity index (χ2n) is 10.0. The molecule has 0 spiro atoms. The van der Waals surface area contributed by atoms with Crippen LogP contribution in [-0.4, -0.2) is 43.0 Å². The number of Topliss-reactive ketones (excluding diaryl/α,β-unsaturated/α-hetero) is 1. The highest BCUT2D eigenvalue weighted by Gasteiger charge is 2.36. The number of ether oxygens (including phenoxy) is 2. The third-order valence-corrected chi connectivity index (χ3v) is 6.87. The second-order valence-corrected chi connectivity index (χ2v) is 10.5. The van der Waals surface area contributed by atoms with Crippen molar-refractivity contribution in [2.45, 2.75) is 45.6 Å². The van der Waals surface area contributed by atoms with E-state index >= 15 is 0 Å². The van der Waals surface area contributed by atoms with Crippen molar-refractivity contribution in [3.63, 3.8) is 0 Å². The lowest BCUT2D eigenvalue weighted by Gasteiger charge is -2.34. The maximum absolute atomic E-state index is 13.3. The van der Waals surface area contributed by atoms with E-state index in [2.05, 4.69) is 36.6 Å². The number of nitrogens with one attached hydrogen (secondary N) is 2. The van der Waals surface area contributed by atoms with Crippen molar-refractivity contribution < 1.29 is 23.9 Å². The number of carbonyl (C=O) groups excluding carboxylic acids is 3. The highest BCUT2D eigenvalue weighted by Crippen LogP contribution is 2.37. The first kappa shape index (κ1) is 25.6. The normalized spacial score (nSPS) is 16.8. The zero-order chi connectivity index (χ0) is 26.0. The summed E-state index contributed by atoms with van der Waals surface area (Å²) >= 11 is 5.71. The van der Waals surface area contributed by atoms with E-state index in [0.29, 0.717) is 24.1 Å². The first-order chi connectivity index (χ1) is 17.1. The minimum Gasteiger partial charge on any atom is -0.465 e. The van der Waals surface area contributed by atoms with Crippen LogP contribution in [0.2, 0.25) is 0 Å². The third-order valence-electron chi connectivity index (χ3n) is 6.56. The van der Waals surface area contributed by atoms with Gasteiger partial charge in [0.25, 0.3) is 0 Å². The predicted octanol–water partition coefficient (Wildman–Crippen LogP) is 4.40. The minimum atomic E-state index is -0.604. The van der Waals surface area contributed by atoms with Crippen LogP contribution in [0.5, 0.6) is 0 Å². The van der Waals surface area contributed by atoms with Crippen molar-refractivity contribution >= 4 is 40.6 Å². The van der Waals surface area contributed by atoms with Gasteiger partial charge in [0.15, 0.2) is 5.78 Å². The van der Waals surface area contributed by atoms with Crippen LogP contribution >= 0.6 is 12.2 Å². The van der Waals surface area contributed by atoms with Crippen molar-refractivity contribution in [2.75, 3.05) is 19.5 Å². The van der Waals surface area contributed by atoms with E-state index in [1.54, 1.807) is 0 Å². The van der Waals surface area contributed by atoms with Gasteiger partial charge in [-0.2, -0.15) is 0 Å². The molecular formula is C28H30N2O5S. The molecule has 2 aliphatic rings. The molecule has 4 rings (SSSR count). The number of allylic oxidation sites excluding steroid dienone is 1. The number of anilines is 1. The van der Waals surface area contributed by atoms with E-state index in [-0.39, 0.29) is 33.4 Å². The van der Waals surface area contributed by atoms with Gasteiger partial charge in [0.1, 0.15) is 4.99 Å². The Hall–Kier alpha value is -3.52. The first-order valence-electron chi connectivity index (χ1n) is 11.8. The van der Waals surface area contributed by atoms with E-state index in [4.69, 9.17) is 21.7 Å². The molecule has 0 saturated carbocycles. The summed E-state index contributed by atoms with van der Waals surface area (Å²) in [6.07, 6.45) is 2.81. The van der Waals surface area contributed by atoms with Crippen LogP contribution in [-0.2, 0) is 27.1 Å². The fraction of sp³-hybridized carbons (Fsp3) is 0.357. The molecule has 0 aliphatic heterocycles. The molecule has 0 radical (unpaired) electrons. The van der Waals surface area contributed by atoms with E-state index in [1.807, 2.05) is 12.1 Å². The van der Waals surface area contributed by atoms with Crippen LogP contribution in [0.3, 0.4) is 0 Å². The Balaban J connectivity index is 1.65. The Bertz CT molecular complexity index is 1220. The lowest BCUT2D eigenvalue weighted by molar-refractivity contribution is -0.117. The maximum Gasteiger partial charge on any atom is 0.337 e. The maximum atomic E-state index is 13.3. The molecule has 8 heteroatoms. The standard InChI is InChI=1S/C28H30N2O5S/c1-28(2)14-22(29-20-10-16-7-5-6-8-17(16)11-20)24(23(31)15-28)25(36)30-21-12-18(26(32)34-3)9-19(13-21)27(33)35-4/h5-9,12-13,20,29H,10-11,14-15H2,1-4H3,(H,30,36). The highest BCUT2D eigenvalue weighted by atomic mass is 32.1. The molecule has 7 nitrogen and oxygen atoms in total. The molecule has 2 aliphatic carbocycles. The van der Waals surface area contributed by atoms with Crippen molar-refractivity contribution in [2.24, 2.45) is 5.41 Å². The molecular weight excluding hydrogens is 476 g/mol. The van der Waals surface area contributed by atoms with Crippen molar-refractivity contribution in [3.05, 3.63) is 76.0 Å². The van der Waals surface area contributed by atoms with Gasteiger partial charge < -0.3 is 20.1 Å². The SMILES string of the molecule is COC(=O)c1cc(NC(=S)C2=C(NC3Cc4ccccc4C3)CC(C)(C)CC2=O)cc(C(=O)OC)c1. The molecule has 0 aromatic heterocycles. The van der Waals surface area contributed by atoms with Gasteiger partial charge in [0.2, 0.25) is 0 Å². The van der Waals surface area contributed by atoms with Gasteiger partial charge in [-0.1, -0.05) is 50.3 Å². The summed E-state index contributed by atoms with van der Waals surface area (Å²) in [5.41, 5.74) is 4.42. The molecule has 0 unspecified atom stereocenters. The van der Waals surface area contributed by atoms with Crippen molar-refractivity contribution in [1.29, 1.82) is 0 Å². The van der Waals surface area contributed by atoms with Crippen LogP contribution in [0.1, 0.15) is 58.5 Å². The van der Waals surface area contributed by atoms with E-state index < -0.39 is 11.9 Å². The lowest BCUT2D eigenvalue weighted by Crippen LogP contribution is -2.39. The summed E-state index contributed by atoms with van der Waals surface area (Å²) in [5.74, 6) is -1.25. The average Bonchev–Trinajstić information content (AvgIpc) is 3.23. The zero-order valence-electron chi connectivity index (χ0n) is 20.9. The molecule has 188 valence electrons. The zero-order valence-corrected chi connectivity index (χ0v) is 21.7. The van der Waals surface area contributed by atoms with Gasteiger partial charge >= 0.3 is 11.9 Å². The quantitative estimate of drug-likeness (QED) is 0.440. The number of hydrogen-bond acceptors (Lipinski definition) is 7. The summed E-state index contributed by atoms with van der Waals surface area (Å²) in [4.78, 5) is 37.9. The Kier molecular flexibility index (Phi) is 7.26. The van der Waals surface area contributed by atoms with Crippen molar-refractivity contribution in [1.82, 2.24) is 5.32 Å². The number of esters is 2. The summed E-state index contributed by atoms with van der Waals surface area (Å²) in [6.45, 7) is 4.15.